The standard InChI is InChI=1S/C12H16ClFN2/c13-10-3-4-12(14)9(6-10)8-16-5-1-2-11(16)7-15/h3-4,6,11H,1-2,5,7-8,15H2. The van der Waals surface area contributed by atoms with Gasteiger partial charge in [-0.25, -0.2) is 4.39 Å². The summed E-state index contributed by atoms with van der Waals surface area (Å²) in [4.78, 5) is 2.23. The maximum absolute atomic E-state index is 13.5. The highest BCUT2D eigenvalue weighted by atomic mass is 35.5. The Bertz CT molecular complexity index is 370. The second-order valence-electron chi connectivity index (χ2n) is 4.24. The molecule has 0 spiro atoms. The van der Waals surface area contributed by atoms with Crippen LogP contribution in [-0.4, -0.2) is 24.0 Å². The van der Waals surface area contributed by atoms with E-state index >= 15 is 0 Å². The lowest BCUT2D eigenvalue weighted by Gasteiger charge is -2.23. The zero-order chi connectivity index (χ0) is 11.5. The van der Waals surface area contributed by atoms with Crippen LogP contribution in [-0.2, 0) is 6.54 Å². The fourth-order valence-corrected chi connectivity index (χ4v) is 2.45. The molecule has 0 saturated carbocycles. The maximum atomic E-state index is 13.5. The highest BCUT2D eigenvalue weighted by Crippen LogP contribution is 2.22. The van der Waals surface area contributed by atoms with Crippen molar-refractivity contribution in [3.63, 3.8) is 0 Å². The Morgan fingerprint density at radius 3 is 3.06 bits per heavy atom. The zero-order valence-electron chi connectivity index (χ0n) is 9.13. The second-order valence-corrected chi connectivity index (χ2v) is 4.67. The van der Waals surface area contributed by atoms with Crippen LogP contribution in [0, 0.1) is 5.82 Å². The van der Waals surface area contributed by atoms with Gasteiger partial charge in [0.15, 0.2) is 0 Å². The summed E-state index contributed by atoms with van der Waals surface area (Å²) in [6, 6.07) is 5.08. The molecule has 1 saturated heterocycles. The Kier molecular flexibility index (Phi) is 3.79. The first-order valence-electron chi connectivity index (χ1n) is 5.58. The van der Waals surface area contributed by atoms with Crippen molar-refractivity contribution in [2.24, 2.45) is 5.73 Å². The number of hydrogen-bond donors (Lipinski definition) is 1. The van der Waals surface area contributed by atoms with Gasteiger partial charge in [0.1, 0.15) is 5.82 Å². The third kappa shape index (κ3) is 2.54. The second kappa shape index (κ2) is 5.13. The molecule has 1 heterocycles. The van der Waals surface area contributed by atoms with Crippen LogP contribution in [0.25, 0.3) is 0 Å². The lowest BCUT2D eigenvalue weighted by atomic mass is 10.1. The van der Waals surface area contributed by atoms with Gasteiger partial charge in [-0.15, -0.1) is 0 Å². The highest BCUT2D eigenvalue weighted by molar-refractivity contribution is 6.30. The van der Waals surface area contributed by atoms with E-state index in [2.05, 4.69) is 4.90 Å². The molecule has 0 aliphatic carbocycles. The largest absolute Gasteiger partial charge is 0.329 e. The van der Waals surface area contributed by atoms with Gasteiger partial charge in [-0.3, -0.25) is 4.90 Å². The van der Waals surface area contributed by atoms with Gasteiger partial charge in [0.05, 0.1) is 0 Å². The summed E-state index contributed by atoms with van der Waals surface area (Å²) >= 11 is 5.86. The molecule has 0 amide bonds. The Labute approximate surface area is 100 Å². The molecular weight excluding hydrogens is 227 g/mol. The third-order valence-corrected chi connectivity index (χ3v) is 3.39. The molecule has 2 nitrogen and oxygen atoms in total. The molecule has 2 rings (SSSR count). The smallest absolute Gasteiger partial charge is 0.127 e. The molecule has 1 atom stereocenters. The van der Waals surface area contributed by atoms with Crippen molar-refractivity contribution < 1.29 is 4.39 Å². The van der Waals surface area contributed by atoms with E-state index in [-0.39, 0.29) is 5.82 Å². The van der Waals surface area contributed by atoms with Gasteiger partial charge >= 0.3 is 0 Å². The first-order valence-corrected chi connectivity index (χ1v) is 5.96. The van der Waals surface area contributed by atoms with Crippen LogP contribution in [0.4, 0.5) is 4.39 Å². The summed E-state index contributed by atoms with van der Waals surface area (Å²) < 4.78 is 13.5. The molecule has 88 valence electrons. The first-order chi connectivity index (χ1) is 7.70. The molecule has 2 N–H and O–H groups in total. The van der Waals surface area contributed by atoms with E-state index < -0.39 is 0 Å². The van der Waals surface area contributed by atoms with Crippen molar-refractivity contribution in [1.82, 2.24) is 4.90 Å². The predicted octanol–water partition coefficient (Wildman–Crippen LogP) is 2.40. The molecule has 1 aliphatic rings. The topological polar surface area (TPSA) is 29.3 Å². The molecule has 0 radical (unpaired) electrons. The van der Waals surface area contributed by atoms with Gasteiger partial charge in [-0.05, 0) is 37.6 Å². The summed E-state index contributed by atoms with van der Waals surface area (Å²) in [7, 11) is 0. The minimum absolute atomic E-state index is 0.188. The number of nitrogens with two attached hydrogens (primary N) is 1. The molecule has 1 aromatic rings. The van der Waals surface area contributed by atoms with Crippen molar-refractivity contribution in [3.8, 4) is 0 Å². The SMILES string of the molecule is NCC1CCCN1Cc1cc(Cl)ccc1F. The lowest BCUT2D eigenvalue weighted by Crippen LogP contribution is -2.35. The van der Waals surface area contributed by atoms with E-state index in [0.717, 1.165) is 19.4 Å². The fraction of sp³-hybridized carbons (Fsp3) is 0.500. The molecule has 1 aliphatic heterocycles. The number of halogens is 2. The minimum Gasteiger partial charge on any atom is -0.329 e. The van der Waals surface area contributed by atoms with E-state index in [4.69, 9.17) is 17.3 Å². The molecule has 1 fully saturated rings. The normalized spacial score (nSPS) is 21.6. The summed E-state index contributed by atoms with van der Waals surface area (Å²) in [5, 5.41) is 0.583. The van der Waals surface area contributed by atoms with E-state index in [1.54, 1.807) is 12.1 Å². The summed E-state index contributed by atoms with van der Waals surface area (Å²) in [5.74, 6) is -0.188. The van der Waals surface area contributed by atoms with Crippen molar-refractivity contribution >= 4 is 11.6 Å². The van der Waals surface area contributed by atoms with Crippen LogP contribution in [0.1, 0.15) is 18.4 Å². The molecule has 4 heteroatoms. The Balaban J connectivity index is 2.11. The molecule has 1 unspecified atom stereocenters. The van der Waals surface area contributed by atoms with Gasteiger partial charge in [0, 0.05) is 29.7 Å². The average molecular weight is 243 g/mol. The van der Waals surface area contributed by atoms with Crippen LogP contribution in [0.3, 0.4) is 0 Å². The van der Waals surface area contributed by atoms with Gasteiger partial charge in [0.2, 0.25) is 0 Å². The Morgan fingerprint density at radius 2 is 2.31 bits per heavy atom. The molecule has 0 aromatic heterocycles. The summed E-state index contributed by atoms with van der Waals surface area (Å²) in [6.45, 7) is 2.24. The lowest BCUT2D eigenvalue weighted by molar-refractivity contribution is 0.247. The number of rotatable bonds is 3. The Hall–Kier alpha value is -0.640. The summed E-state index contributed by atoms with van der Waals surface area (Å²) in [6.07, 6.45) is 2.25. The van der Waals surface area contributed by atoms with Gasteiger partial charge in [-0.1, -0.05) is 11.6 Å². The molecular formula is C12H16ClFN2. The average Bonchev–Trinajstić information content (AvgIpc) is 2.71. The van der Waals surface area contributed by atoms with Gasteiger partial charge < -0.3 is 5.73 Å². The molecule has 16 heavy (non-hydrogen) atoms. The summed E-state index contributed by atoms with van der Waals surface area (Å²) in [5.41, 5.74) is 6.34. The predicted molar refractivity (Wildman–Crippen MR) is 63.9 cm³/mol. The van der Waals surface area contributed by atoms with Crippen LogP contribution in [0.5, 0.6) is 0 Å². The monoisotopic (exact) mass is 242 g/mol. The van der Waals surface area contributed by atoms with Crippen LogP contribution in [0.15, 0.2) is 18.2 Å². The van der Waals surface area contributed by atoms with E-state index in [1.165, 1.54) is 6.07 Å². The minimum atomic E-state index is -0.188. The fourth-order valence-electron chi connectivity index (χ4n) is 2.25. The van der Waals surface area contributed by atoms with E-state index in [0.29, 0.717) is 29.7 Å². The van der Waals surface area contributed by atoms with E-state index in [9.17, 15) is 4.39 Å². The third-order valence-electron chi connectivity index (χ3n) is 3.15. The molecule has 0 bridgehead atoms. The quantitative estimate of drug-likeness (QED) is 0.882. The van der Waals surface area contributed by atoms with Crippen molar-refractivity contribution in [1.29, 1.82) is 0 Å². The maximum Gasteiger partial charge on any atom is 0.127 e. The highest BCUT2D eigenvalue weighted by Gasteiger charge is 2.23. The van der Waals surface area contributed by atoms with Crippen LogP contribution in [0.2, 0.25) is 5.02 Å². The number of likely N-dealkylation sites (tertiary alicyclic amines) is 1. The van der Waals surface area contributed by atoms with Crippen molar-refractivity contribution in [2.45, 2.75) is 25.4 Å². The van der Waals surface area contributed by atoms with Gasteiger partial charge in [-0.2, -0.15) is 0 Å². The van der Waals surface area contributed by atoms with Crippen molar-refractivity contribution in [3.05, 3.63) is 34.6 Å². The number of benzene rings is 1. The first kappa shape index (κ1) is 11.8. The zero-order valence-corrected chi connectivity index (χ0v) is 9.88. The van der Waals surface area contributed by atoms with E-state index in [1.807, 2.05) is 0 Å². The Morgan fingerprint density at radius 1 is 1.50 bits per heavy atom. The van der Waals surface area contributed by atoms with Crippen LogP contribution < -0.4 is 5.73 Å². The van der Waals surface area contributed by atoms with Crippen molar-refractivity contribution in [2.75, 3.05) is 13.1 Å². The van der Waals surface area contributed by atoms with Gasteiger partial charge in [0.25, 0.3) is 0 Å². The van der Waals surface area contributed by atoms with Crippen LogP contribution >= 0.6 is 11.6 Å². The number of nitrogens with zero attached hydrogens (tertiary/aromatic N) is 1. The number of hydrogen-bond acceptors (Lipinski definition) is 2. The molecule has 1 aromatic carbocycles.